The molecule has 0 bridgehead atoms. The van der Waals surface area contributed by atoms with Gasteiger partial charge in [0.15, 0.2) is 0 Å². The maximum Gasteiger partial charge on any atom is 0.0187 e. The highest BCUT2D eigenvalue weighted by molar-refractivity contribution is 4.92. The van der Waals surface area contributed by atoms with E-state index < -0.39 is 0 Å². The molecule has 2 nitrogen and oxygen atoms in total. The van der Waals surface area contributed by atoms with Crippen LogP contribution in [-0.4, -0.2) is 36.6 Å². The van der Waals surface area contributed by atoms with Crippen molar-refractivity contribution in [2.24, 2.45) is 0 Å². The third-order valence-electron chi connectivity index (χ3n) is 2.49. The molecule has 1 unspecified atom stereocenters. The normalized spacial score (nSPS) is 14.3. The van der Waals surface area contributed by atoms with E-state index >= 15 is 0 Å². The number of nitrogens with one attached hydrogen (secondary N) is 1. The number of rotatable bonds is 6. The van der Waals surface area contributed by atoms with Gasteiger partial charge in [0.05, 0.1) is 0 Å². The molecule has 0 aromatic rings. The molecule has 0 fully saturated rings. The summed E-state index contributed by atoms with van der Waals surface area (Å²) in [5, 5.41) is 3.51. The van der Waals surface area contributed by atoms with E-state index in [-0.39, 0.29) is 5.54 Å². The van der Waals surface area contributed by atoms with Crippen molar-refractivity contribution in [1.29, 1.82) is 0 Å². The van der Waals surface area contributed by atoms with E-state index in [4.69, 9.17) is 0 Å². The molecule has 0 saturated heterocycles. The standard InChI is InChI=1S/C13H28N2/c1-11(2)10-15(7)12(3)8-9-14-13(4,5)6/h12,14H,1,8-10H2,2-7H3. The lowest BCUT2D eigenvalue weighted by molar-refractivity contribution is 0.256. The monoisotopic (exact) mass is 212 g/mol. The van der Waals surface area contributed by atoms with Gasteiger partial charge in [0.25, 0.3) is 0 Å². The van der Waals surface area contributed by atoms with Gasteiger partial charge in [-0.05, 0) is 54.6 Å². The first-order valence-electron chi connectivity index (χ1n) is 5.82. The Labute approximate surface area is 95.7 Å². The minimum Gasteiger partial charge on any atom is -0.312 e. The van der Waals surface area contributed by atoms with Crippen LogP contribution in [0.2, 0.25) is 0 Å². The molecule has 0 heterocycles. The first kappa shape index (κ1) is 14.7. The van der Waals surface area contributed by atoms with Crippen molar-refractivity contribution in [2.45, 2.75) is 52.6 Å². The molecule has 0 spiro atoms. The van der Waals surface area contributed by atoms with E-state index in [2.05, 4.69) is 58.5 Å². The molecule has 1 atom stereocenters. The summed E-state index contributed by atoms with van der Waals surface area (Å²) in [7, 11) is 2.16. The molecular weight excluding hydrogens is 184 g/mol. The number of nitrogens with zero attached hydrogens (tertiary/aromatic N) is 1. The van der Waals surface area contributed by atoms with E-state index in [0.717, 1.165) is 13.1 Å². The van der Waals surface area contributed by atoms with Crippen LogP contribution in [0, 0.1) is 0 Å². The first-order chi connectivity index (χ1) is 6.72. The lowest BCUT2D eigenvalue weighted by atomic mass is 10.1. The SMILES string of the molecule is C=C(C)CN(C)C(C)CCNC(C)(C)C. The lowest BCUT2D eigenvalue weighted by Crippen LogP contribution is -2.39. The van der Waals surface area contributed by atoms with Crippen LogP contribution in [0.15, 0.2) is 12.2 Å². The Kier molecular flexibility index (Phi) is 6.15. The smallest absolute Gasteiger partial charge is 0.0187 e. The highest BCUT2D eigenvalue weighted by Crippen LogP contribution is 2.05. The van der Waals surface area contributed by atoms with Crippen LogP contribution in [0.4, 0.5) is 0 Å². The number of hydrogen-bond donors (Lipinski definition) is 1. The van der Waals surface area contributed by atoms with Crippen molar-refractivity contribution >= 4 is 0 Å². The van der Waals surface area contributed by atoms with E-state index in [1.54, 1.807) is 0 Å². The van der Waals surface area contributed by atoms with Crippen molar-refractivity contribution in [3.63, 3.8) is 0 Å². The van der Waals surface area contributed by atoms with Gasteiger partial charge in [0, 0.05) is 18.1 Å². The zero-order valence-electron chi connectivity index (χ0n) is 11.4. The molecule has 0 rings (SSSR count). The summed E-state index contributed by atoms with van der Waals surface area (Å²) in [6.07, 6.45) is 1.18. The quantitative estimate of drug-likeness (QED) is 0.681. The fourth-order valence-electron chi connectivity index (χ4n) is 1.46. The largest absolute Gasteiger partial charge is 0.312 e. The third-order valence-corrected chi connectivity index (χ3v) is 2.49. The predicted octanol–water partition coefficient (Wildman–Crippen LogP) is 2.66. The van der Waals surface area contributed by atoms with E-state index in [0.29, 0.717) is 6.04 Å². The Balaban J connectivity index is 3.73. The molecule has 1 N–H and O–H groups in total. The summed E-state index contributed by atoms with van der Waals surface area (Å²) >= 11 is 0. The minimum absolute atomic E-state index is 0.229. The van der Waals surface area contributed by atoms with Crippen LogP contribution in [0.5, 0.6) is 0 Å². The fraction of sp³-hybridized carbons (Fsp3) is 0.846. The molecule has 0 saturated carbocycles. The molecule has 0 radical (unpaired) electrons. The van der Waals surface area contributed by atoms with Crippen LogP contribution in [0.3, 0.4) is 0 Å². The molecule has 0 aliphatic heterocycles. The van der Waals surface area contributed by atoms with Crippen molar-refractivity contribution in [3.8, 4) is 0 Å². The van der Waals surface area contributed by atoms with Gasteiger partial charge in [-0.15, -0.1) is 0 Å². The Morgan fingerprint density at radius 2 is 1.93 bits per heavy atom. The van der Waals surface area contributed by atoms with E-state index in [1.807, 2.05) is 0 Å². The maximum absolute atomic E-state index is 3.94. The summed E-state index contributed by atoms with van der Waals surface area (Å²) in [5.74, 6) is 0. The lowest BCUT2D eigenvalue weighted by Gasteiger charge is -2.27. The zero-order valence-corrected chi connectivity index (χ0v) is 11.4. The zero-order chi connectivity index (χ0) is 12.1. The number of likely N-dealkylation sites (N-methyl/N-ethyl adjacent to an activating group) is 1. The molecule has 0 aromatic carbocycles. The molecule has 0 aliphatic carbocycles. The van der Waals surface area contributed by atoms with Gasteiger partial charge in [-0.2, -0.15) is 0 Å². The average molecular weight is 212 g/mol. The second-order valence-corrected chi connectivity index (χ2v) is 5.69. The van der Waals surface area contributed by atoms with Crippen LogP contribution >= 0.6 is 0 Å². The van der Waals surface area contributed by atoms with Gasteiger partial charge in [0.1, 0.15) is 0 Å². The van der Waals surface area contributed by atoms with Crippen molar-refractivity contribution in [2.75, 3.05) is 20.1 Å². The fourth-order valence-corrected chi connectivity index (χ4v) is 1.46. The van der Waals surface area contributed by atoms with Crippen LogP contribution in [0.1, 0.15) is 41.0 Å². The maximum atomic E-state index is 3.94. The molecular formula is C13H28N2. The van der Waals surface area contributed by atoms with Crippen LogP contribution in [0.25, 0.3) is 0 Å². The Morgan fingerprint density at radius 1 is 1.40 bits per heavy atom. The van der Waals surface area contributed by atoms with Gasteiger partial charge >= 0.3 is 0 Å². The second-order valence-electron chi connectivity index (χ2n) is 5.69. The molecule has 0 aromatic heterocycles. The van der Waals surface area contributed by atoms with Crippen molar-refractivity contribution < 1.29 is 0 Å². The summed E-state index contributed by atoms with van der Waals surface area (Å²) in [6.45, 7) is 17.0. The molecule has 90 valence electrons. The molecule has 2 heteroatoms. The van der Waals surface area contributed by atoms with E-state index in [9.17, 15) is 0 Å². The average Bonchev–Trinajstić information content (AvgIpc) is 2.00. The summed E-state index contributed by atoms with van der Waals surface area (Å²) in [6, 6.07) is 0.608. The highest BCUT2D eigenvalue weighted by atomic mass is 15.1. The van der Waals surface area contributed by atoms with Gasteiger partial charge in [0.2, 0.25) is 0 Å². The van der Waals surface area contributed by atoms with Gasteiger partial charge in [-0.25, -0.2) is 0 Å². The minimum atomic E-state index is 0.229. The topological polar surface area (TPSA) is 15.3 Å². The Morgan fingerprint density at radius 3 is 2.33 bits per heavy atom. The van der Waals surface area contributed by atoms with Gasteiger partial charge < -0.3 is 5.32 Å². The number of hydrogen-bond acceptors (Lipinski definition) is 2. The predicted molar refractivity (Wildman–Crippen MR) is 69.3 cm³/mol. The van der Waals surface area contributed by atoms with E-state index in [1.165, 1.54) is 12.0 Å². The molecule has 0 aliphatic rings. The van der Waals surface area contributed by atoms with Crippen LogP contribution < -0.4 is 5.32 Å². The summed E-state index contributed by atoms with van der Waals surface area (Å²) in [4.78, 5) is 2.35. The third kappa shape index (κ3) is 8.64. The first-order valence-corrected chi connectivity index (χ1v) is 5.82. The van der Waals surface area contributed by atoms with Crippen LogP contribution in [-0.2, 0) is 0 Å². The molecule has 15 heavy (non-hydrogen) atoms. The van der Waals surface area contributed by atoms with Crippen molar-refractivity contribution in [3.05, 3.63) is 12.2 Å². The second kappa shape index (κ2) is 6.29. The summed E-state index contributed by atoms with van der Waals surface area (Å²) in [5.41, 5.74) is 1.46. The summed E-state index contributed by atoms with van der Waals surface area (Å²) < 4.78 is 0. The Hall–Kier alpha value is -0.340. The highest BCUT2D eigenvalue weighted by Gasteiger charge is 2.11. The van der Waals surface area contributed by atoms with Crippen molar-refractivity contribution in [1.82, 2.24) is 10.2 Å². The Bertz CT molecular complexity index is 191. The van der Waals surface area contributed by atoms with Gasteiger partial charge in [-0.1, -0.05) is 12.2 Å². The molecule has 0 amide bonds. The van der Waals surface area contributed by atoms with Gasteiger partial charge in [-0.3, -0.25) is 4.90 Å².